The maximum absolute atomic E-state index is 10.2. The number of benzene rings is 1. The average Bonchev–Trinajstić information content (AvgIpc) is 2.74. The Morgan fingerprint density at radius 2 is 2.16 bits per heavy atom. The van der Waals surface area contributed by atoms with Gasteiger partial charge in [0.15, 0.2) is 4.77 Å². The van der Waals surface area contributed by atoms with E-state index in [1.165, 1.54) is 0 Å². The van der Waals surface area contributed by atoms with Crippen LogP contribution in [-0.2, 0) is 0 Å². The van der Waals surface area contributed by atoms with Crippen molar-refractivity contribution in [1.29, 1.82) is 0 Å². The van der Waals surface area contributed by atoms with Crippen molar-refractivity contribution in [2.45, 2.75) is 37.8 Å². The lowest BCUT2D eigenvalue weighted by molar-refractivity contribution is 0.0767. The smallest absolute Gasteiger partial charge is 0.178 e. The number of H-pyrrole nitrogens is 1. The molecular formula is C14H18N2O2S. The molecule has 2 aromatic rings. The van der Waals surface area contributed by atoms with Crippen LogP contribution in [-0.4, -0.2) is 27.9 Å². The van der Waals surface area contributed by atoms with Gasteiger partial charge in [-0.1, -0.05) is 12.8 Å². The summed E-state index contributed by atoms with van der Waals surface area (Å²) in [5, 5.41) is 10.2. The van der Waals surface area contributed by atoms with Crippen LogP contribution in [0.25, 0.3) is 11.0 Å². The first-order chi connectivity index (χ1) is 9.20. The highest BCUT2D eigenvalue weighted by Crippen LogP contribution is 2.32. The molecule has 4 nitrogen and oxygen atoms in total. The molecule has 0 aliphatic heterocycles. The van der Waals surface area contributed by atoms with Crippen LogP contribution in [0.4, 0.5) is 0 Å². The Kier molecular flexibility index (Phi) is 3.33. The highest BCUT2D eigenvalue weighted by Gasteiger charge is 2.26. The predicted octanol–water partition coefficient (Wildman–Crippen LogP) is 3.18. The maximum Gasteiger partial charge on any atom is 0.178 e. The fraction of sp³-hybridized carbons (Fsp3) is 0.500. The van der Waals surface area contributed by atoms with Crippen molar-refractivity contribution in [3.8, 4) is 5.75 Å². The SMILES string of the molecule is COc1ccc2c(c1)[nH]c(=S)n2C1CCCCC1O. The summed E-state index contributed by atoms with van der Waals surface area (Å²) in [6.45, 7) is 0. The van der Waals surface area contributed by atoms with Crippen molar-refractivity contribution in [3.63, 3.8) is 0 Å². The van der Waals surface area contributed by atoms with E-state index in [-0.39, 0.29) is 12.1 Å². The molecule has 2 atom stereocenters. The number of rotatable bonds is 2. The molecule has 0 saturated heterocycles. The number of imidazole rings is 1. The van der Waals surface area contributed by atoms with Crippen molar-refractivity contribution in [1.82, 2.24) is 9.55 Å². The molecule has 1 heterocycles. The molecule has 1 fully saturated rings. The van der Waals surface area contributed by atoms with Gasteiger partial charge in [-0.15, -0.1) is 0 Å². The number of hydrogen-bond donors (Lipinski definition) is 2. The minimum absolute atomic E-state index is 0.0865. The predicted molar refractivity (Wildman–Crippen MR) is 77.2 cm³/mol. The molecule has 0 bridgehead atoms. The van der Waals surface area contributed by atoms with Crippen LogP contribution >= 0.6 is 12.2 Å². The number of aromatic amines is 1. The van der Waals surface area contributed by atoms with Crippen LogP contribution < -0.4 is 4.74 Å². The van der Waals surface area contributed by atoms with Gasteiger partial charge in [0.05, 0.1) is 30.3 Å². The summed E-state index contributed by atoms with van der Waals surface area (Å²) in [4.78, 5) is 3.21. The molecule has 3 rings (SSSR count). The Bertz CT molecular complexity index is 646. The number of aliphatic hydroxyl groups is 1. The number of aromatic nitrogens is 2. The lowest BCUT2D eigenvalue weighted by Gasteiger charge is -2.29. The van der Waals surface area contributed by atoms with Gasteiger partial charge in [-0.05, 0) is 37.2 Å². The quantitative estimate of drug-likeness (QED) is 0.830. The van der Waals surface area contributed by atoms with E-state index in [2.05, 4.69) is 9.55 Å². The standard InChI is InChI=1S/C14H18N2O2S/c1-18-9-6-7-11-10(8-9)15-14(19)16(11)12-4-2-3-5-13(12)17/h6-8,12-13,17H,2-5H2,1H3,(H,15,19). The van der Waals surface area contributed by atoms with E-state index in [0.29, 0.717) is 4.77 Å². The molecule has 5 heteroatoms. The first-order valence-corrected chi connectivity index (χ1v) is 7.08. The first kappa shape index (κ1) is 12.7. The Labute approximate surface area is 117 Å². The summed E-state index contributed by atoms with van der Waals surface area (Å²) in [6.07, 6.45) is 3.78. The molecule has 19 heavy (non-hydrogen) atoms. The van der Waals surface area contributed by atoms with Crippen LogP contribution in [0.5, 0.6) is 5.75 Å². The van der Waals surface area contributed by atoms with E-state index in [9.17, 15) is 5.11 Å². The van der Waals surface area contributed by atoms with Crippen LogP contribution in [0.3, 0.4) is 0 Å². The van der Waals surface area contributed by atoms with Crippen LogP contribution in [0, 0.1) is 4.77 Å². The van der Waals surface area contributed by atoms with Crippen molar-refractivity contribution in [2.24, 2.45) is 0 Å². The number of hydrogen-bond acceptors (Lipinski definition) is 3. The fourth-order valence-electron chi connectivity index (χ4n) is 2.96. The van der Waals surface area contributed by atoms with Gasteiger partial charge in [-0.25, -0.2) is 0 Å². The Morgan fingerprint density at radius 3 is 2.89 bits per heavy atom. The van der Waals surface area contributed by atoms with Crippen LogP contribution in [0.15, 0.2) is 18.2 Å². The average molecular weight is 278 g/mol. The summed E-state index contributed by atoms with van der Waals surface area (Å²) >= 11 is 5.42. The number of nitrogens with one attached hydrogen (secondary N) is 1. The van der Waals surface area contributed by atoms with Gasteiger partial charge < -0.3 is 19.4 Å². The van der Waals surface area contributed by atoms with Gasteiger partial charge >= 0.3 is 0 Å². The molecule has 1 aromatic carbocycles. The van der Waals surface area contributed by atoms with E-state index in [0.717, 1.165) is 42.5 Å². The lowest BCUT2D eigenvalue weighted by atomic mass is 9.92. The summed E-state index contributed by atoms with van der Waals surface area (Å²) in [7, 11) is 1.65. The van der Waals surface area contributed by atoms with Crippen molar-refractivity contribution < 1.29 is 9.84 Å². The largest absolute Gasteiger partial charge is 0.497 e. The van der Waals surface area contributed by atoms with Crippen molar-refractivity contribution in [3.05, 3.63) is 23.0 Å². The number of aliphatic hydroxyl groups excluding tert-OH is 1. The minimum atomic E-state index is -0.304. The Balaban J connectivity index is 2.12. The van der Waals surface area contributed by atoms with E-state index in [1.54, 1.807) is 7.11 Å². The topological polar surface area (TPSA) is 50.2 Å². The zero-order chi connectivity index (χ0) is 13.4. The normalized spacial score (nSPS) is 23.7. The highest BCUT2D eigenvalue weighted by molar-refractivity contribution is 7.71. The van der Waals surface area contributed by atoms with Gasteiger partial charge in [0.1, 0.15) is 5.75 Å². The number of fused-ring (bicyclic) bond motifs is 1. The molecule has 1 saturated carbocycles. The minimum Gasteiger partial charge on any atom is -0.497 e. The second-order valence-electron chi connectivity index (χ2n) is 5.10. The Hall–Kier alpha value is -1.33. The van der Waals surface area contributed by atoms with Crippen molar-refractivity contribution >= 4 is 23.3 Å². The first-order valence-electron chi connectivity index (χ1n) is 6.67. The molecular weight excluding hydrogens is 260 g/mol. The van der Waals surface area contributed by atoms with Gasteiger partial charge in [-0.2, -0.15) is 0 Å². The third-order valence-electron chi connectivity index (χ3n) is 3.95. The summed E-state index contributed by atoms with van der Waals surface area (Å²) < 4.78 is 7.96. The van der Waals surface area contributed by atoms with Crippen LogP contribution in [0.2, 0.25) is 0 Å². The van der Waals surface area contributed by atoms with E-state index in [1.807, 2.05) is 18.2 Å². The molecule has 1 aromatic heterocycles. The fourth-order valence-corrected chi connectivity index (χ4v) is 3.30. The molecule has 0 spiro atoms. The van der Waals surface area contributed by atoms with Gasteiger partial charge in [0.2, 0.25) is 0 Å². The molecule has 2 unspecified atom stereocenters. The molecule has 1 aliphatic rings. The lowest BCUT2D eigenvalue weighted by Crippen LogP contribution is -2.27. The third kappa shape index (κ3) is 2.17. The summed E-state index contributed by atoms with van der Waals surface area (Å²) in [6, 6.07) is 5.96. The number of ether oxygens (including phenoxy) is 1. The summed E-state index contributed by atoms with van der Waals surface area (Å²) in [5.41, 5.74) is 2.00. The monoisotopic (exact) mass is 278 g/mol. The number of methoxy groups -OCH3 is 1. The van der Waals surface area contributed by atoms with Crippen LogP contribution in [0.1, 0.15) is 31.7 Å². The molecule has 0 radical (unpaired) electrons. The van der Waals surface area contributed by atoms with Gasteiger partial charge in [-0.3, -0.25) is 0 Å². The van der Waals surface area contributed by atoms with Gasteiger partial charge in [0.25, 0.3) is 0 Å². The second-order valence-corrected chi connectivity index (χ2v) is 5.49. The molecule has 2 N–H and O–H groups in total. The molecule has 1 aliphatic carbocycles. The molecule has 102 valence electrons. The van der Waals surface area contributed by atoms with E-state index >= 15 is 0 Å². The Morgan fingerprint density at radius 1 is 1.37 bits per heavy atom. The van der Waals surface area contributed by atoms with Gasteiger partial charge in [0, 0.05) is 6.07 Å². The maximum atomic E-state index is 10.2. The van der Waals surface area contributed by atoms with Crippen molar-refractivity contribution in [2.75, 3.05) is 7.11 Å². The zero-order valence-electron chi connectivity index (χ0n) is 10.9. The molecule has 0 amide bonds. The third-order valence-corrected chi connectivity index (χ3v) is 4.25. The zero-order valence-corrected chi connectivity index (χ0v) is 11.7. The van der Waals surface area contributed by atoms with E-state index < -0.39 is 0 Å². The van der Waals surface area contributed by atoms with E-state index in [4.69, 9.17) is 17.0 Å². The summed E-state index contributed by atoms with van der Waals surface area (Å²) in [5.74, 6) is 0.806. The number of nitrogens with zero attached hydrogens (tertiary/aromatic N) is 1. The highest BCUT2D eigenvalue weighted by atomic mass is 32.1. The second kappa shape index (κ2) is 4.98.